The Morgan fingerprint density at radius 1 is 1.38 bits per heavy atom. The Labute approximate surface area is 103 Å². The average molecular weight is 261 g/mol. The molecular formula is C10H10Cl2N2O2. The van der Waals surface area contributed by atoms with E-state index in [0.29, 0.717) is 16.3 Å². The van der Waals surface area contributed by atoms with Crippen molar-refractivity contribution in [2.24, 2.45) is 0 Å². The van der Waals surface area contributed by atoms with Crippen molar-refractivity contribution in [2.45, 2.75) is 0 Å². The van der Waals surface area contributed by atoms with Gasteiger partial charge >= 0.3 is 0 Å². The molecule has 16 heavy (non-hydrogen) atoms. The third-order valence-electron chi connectivity index (χ3n) is 1.84. The normalized spacial score (nSPS) is 9.69. The van der Waals surface area contributed by atoms with Crippen LogP contribution in [0.3, 0.4) is 0 Å². The molecule has 0 aliphatic rings. The summed E-state index contributed by atoms with van der Waals surface area (Å²) in [6.45, 7) is 0. The minimum Gasteiger partial charge on any atom is -0.355 e. The Balaban J connectivity index is 2.98. The monoisotopic (exact) mass is 260 g/mol. The summed E-state index contributed by atoms with van der Waals surface area (Å²) in [7, 11) is 1.50. The number of nitrogens with one attached hydrogen (secondary N) is 2. The standard InChI is InChI=1S/C10H10Cl2N2O2/c1-13-10(16)7-4-6(2-3-8(7)12)14-9(15)5-11/h2-4H,5H2,1H3,(H,13,16)(H,14,15). The summed E-state index contributed by atoms with van der Waals surface area (Å²) in [6, 6.07) is 4.63. The first-order valence-electron chi connectivity index (χ1n) is 4.46. The molecule has 1 aromatic carbocycles. The van der Waals surface area contributed by atoms with E-state index in [9.17, 15) is 9.59 Å². The zero-order valence-electron chi connectivity index (χ0n) is 8.51. The van der Waals surface area contributed by atoms with Gasteiger partial charge in [-0.2, -0.15) is 0 Å². The molecule has 0 aliphatic carbocycles. The molecule has 0 unspecified atom stereocenters. The lowest BCUT2D eigenvalue weighted by atomic mass is 10.2. The predicted octanol–water partition coefficient (Wildman–Crippen LogP) is 1.88. The Kier molecular flexibility index (Phi) is 4.58. The van der Waals surface area contributed by atoms with E-state index in [2.05, 4.69) is 10.6 Å². The van der Waals surface area contributed by atoms with Crippen LogP contribution in [0.5, 0.6) is 0 Å². The van der Waals surface area contributed by atoms with Crippen molar-refractivity contribution in [3.05, 3.63) is 28.8 Å². The maximum atomic E-state index is 11.4. The summed E-state index contributed by atoms with van der Waals surface area (Å²) >= 11 is 11.2. The highest BCUT2D eigenvalue weighted by Gasteiger charge is 2.10. The highest BCUT2D eigenvalue weighted by atomic mass is 35.5. The summed E-state index contributed by atoms with van der Waals surface area (Å²) < 4.78 is 0. The maximum Gasteiger partial charge on any atom is 0.252 e. The van der Waals surface area contributed by atoms with Gasteiger partial charge in [0.1, 0.15) is 5.88 Å². The quantitative estimate of drug-likeness (QED) is 0.816. The second-order valence-electron chi connectivity index (χ2n) is 2.96. The molecule has 4 nitrogen and oxygen atoms in total. The highest BCUT2D eigenvalue weighted by Crippen LogP contribution is 2.20. The number of carbonyl (C=O) groups excluding carboxylic acids is 2. The SMILES string of the molecule is CNC(=O)c1cc(NC(=O)CCl)ccc1Cl. The summed E-state index contributed by atoms with van der Waals surface area (Å²) in [6.07, 6.45) is 0. The minimum absolute atomic E-state index is 0.141. The van der Waals surface area contributed by atoms with Crippen LogP contribution in [0.1, 0.15) is 10.4 Å². The summed E-state index contributed by atoms with van der Waals surface area (Å²) in [5.74, 6) is -0.795. The maximum absolute atomic E-state index is 11.4. The number of carbonyl (C=O) groups is 2. The molecular weight excluding hydrogens is 251 g/mol. The van der Waals surface area contributed by atoms with Gasteiger partial charge in [0.05, 0.1) is 10.6 Å². The molecule has 0 bridgehead atoms. The van der Waals surface area contributed by atoms with Gasteiger partial charge < -0.3 is 10.6 Å². The molecule has 0 spiro atoms. The molecule has 2 N–H and O–H groups in total. The van der Waals surface area contributed by atoms with Crippen molar-refractivity contribution < 1.29 is 9.59 Å². The van der Waals surface area contributed by atoms with Crippen LogP contribution >= 0.6 is 23.2 Å². The van der Waals surface area contributed by atoms with Crippen LogP contribution in [0.15, 0.2) is 18.2 Å². The lowest BCUT2D eigenvalue weighted by Crippen LogP contribution is -2.19. The number of halogens is 2. The zero-order valence-corrected chi connectivity index (χ0v) is 10.0. The van der Waals surface area contributed by atoms with Gasteiger partial charge in [0.15, 0.2) is 0 Å². The second kappa shape index (κ2) is 5.72. The lowest BCUT2D eigenvalue weighted by Gasteiger charge is -2.07. The first kappa shape index (κ1) is 12.8. The van der Waals surface area contributed by atoms with E-state index in [-0.39, 0.29) is 17.7 Å². The second-order valence-corrected chi connectivity index (χ2v) is 3.63. The van der Waals surface area contributed by atoms with E-state index in [1.807, 2.05) is 0 Å². The van der Waals surface area contributed by atoms with Crippen molar-refractivity contribution in [1.82, 2.24) is 5.32 Å². The van der Waals surface area contributed by atoms with Gasteiger partial charge in [-0.15, -0.1) is 11.6 Å². The molecule has 86 valence electrons. The van der Waals surface area contributed by atoms with Gasteiger partial charge in [-0.1, -0.05) is 11.6 Å². The number of rotatable bonds is 3. The molecule has 0 aliphatic heterocycles. The van der Waals surface area contributed by atoms with E-state index in [1.165, 1.54) is 19.2 Å². The largest absolute Gasteiger partial charge is 0.355 e. The smallest absolute Gasteiger partial charge is 0.252 e. The molecule has 0 aromatic heterocycles. The minimum atomic E-state index is -0.341. The summed E-state index contributed by atoms with van der Waals surface area (Å²) in [4.78, 5) is 22.4. The van der Waals surface area contributed by atoms with Gasteiger partial charge in [0, 0.05) is 12.7 Å². The molecule has 0 heterocycles. The Morgan fingerprint density at radius 3 is 2.62 bits per heavy atom. The van der Waals surface area contributed by atoms with Crippen molar-refractivity contribution in [3.8, 4) is 0 Å². The predicted molar refractivity (Wildman–Crippen MR) is 64.2 cm³/mol. The lowest BCUT2D eigenvalue weighted by molar-refractivity contribution is -0.113. The summed E-state index contributed by atoms with van der Waals surface area (Å²) in [5.41, 5.74) is 0.783. The van der Waals surface area contributed by atoms with E-state index >= 15 is 0 Å². The van der Waals surface area contributed by atoms with E-state index in [1.54, 1.807) is 6.07 Å². The van der Waals surface area contributed by atoms with E-state index in [4.69, 9.17) is 23.2 Å². The Bertz CT molecular complexity index is 421. The first-order valence-corrected chi connectivity index (χ1v) is 5.37. The number of anilines is 1. The molecule has 0 atom stereocenters. The van der Waals surface area contributed by atoms with Crippen LogP contribution < -0.4 is 10.6 Å². The van der Waals surface area contributed by atoms with Crippen LogP contribution in [0.25, 0.3) is 0 Å². The van der Waals surface area contributed by atoms with Crippen molar-refractivity contribution in [2.75, 3.05) is 18.2 Å². The van der Waals surface area contributed by atoms with Gasteiger partial charge in [0.25, 0.3) is 5.91 Å². The molecule has 1 rings (SSSR count). The fraction of sp³-hybridized carbons (Fsp3) is 0.200. The fourth-order valence-electron chi connectivity index (χ4n) is 1.11. The molecule has 6 heteroatoms. The Morgan fingerprint density at radius 2 is 2.06 bits per heavy atom. The van der Waals surface area contributed by atoms with E-state index in [0.717, 1.165) is 0 Å². The van der Waals surface area contributed by atoms with Crippen LogP contribution in [-0.2, 0) is 4.79 Å². The van der Waals surface area contributed by atoms with Crippen LogP contribution in [-0.4, -0.2) is 24.7 Å². The van der Waals surface area contributed by atoms with E-state index < -0.39 is 0 Å². The number of hydrogen-bond acceptors (Lipinski definition) is 2. The van der Waals surface area contributed by atoms with Gasteiger partial charge in [-0.25, -0.2) is 0 Å². The fourth-order valence-corrected chi connectivity index (χ4v) is 1.38. The summed E-state index contributed by atoms with van der Waals surface area (Å²) in [5, 5.41) is 5.31. The third-order valence-corrected chi connectivity index (χ3v) is 2.42. The Hall–Kier alpha value is -1.26. The molecule has 0 radical (unpaired) electrons. The van der Waals surface area contributed by atoms with Crippen LogP contribution in [0.4, 0.5) is 5.69 Å². The molecule has 1 aromatic rings. The van der Waals surface area contributed by atoms with Gasteiger partial charge in [-0.05, 0) is 18.2 Å². The molecule has 2 amide bonds. The first-order chi connectivity index (χ1) is 7.58. The highest BCUT2D eigenvalue weighted by molar-refractivity contribution is 6.34. The third kappa shape index (κ3) is 3.12. The van der Waals surface area contributed by atoms with Gasteiger partial charge in [-0.3, -0.25) is 9.59 Å². The van der Waals surface area contributed by atoms with Crippen molar-refractivity contribution in [3.63, 3.8) is 0 Å². The number of hydrogen-bond donors (Lipinski definition) is 2. The number of alkyl halides is 1. The number of amides is 2. The molecule has 0 saturated carbocycles. The average Bonchev–Trinajstić information content (AvgIpc) is 2.30. The topological polar surface area (TPSA) is 58.2 Å². The van der Waals surface area contributed by atoms with Crippen molar-refractivity contribution >= 4 is 40.7 Å². The van der Waals surface area contributed by atoms with Gasteiger partial charge in [0.2, 0.25) is 5.91 Å². The molecule has 0 saturated heterocycles. The number of benzene rings is 1. The van der Waals surface area contributed by atoms with Crippen LogP contribution in [0, 0.1) is 0 Å². The van der Waals surface area contributed by atoms with Crippen molar-refractivity contribution in [1.29, 1.82) is 0 Å². The molecule has 0 fully saturated rings. The zero-order chi connectivity index (χ0) is 12.1. The van der Waals surface area contributed by atoms with Crippen LogP contribution in [0.2, 0.25) is 5.02 Å².